The van der Waals surface area contributed by atoms with Crippen molar-refractivity contribution in [3.63, 3.8) is 0 Å². The minimum absolute atomic E-state index is 0.0481. The fourth-order valence-corrected chi connectivity index (χ4v) is 3.99. The van der Waals surface area contributed by atoms with E-state index in [1.807, 2.05) is 0 Å². The van der Waals surface area contributed by atoms with Crippen molar-refractivity contribution in [2.24, 2.45) is 0 Å². The van der Waals surface area contributed by atoms with Crippen LogP contribution in [0.1, 0.15) is 12.0 Å². The largest absolute Gasteiger partial charge is 0.523 e. The molecule has 0 aromatic heterocycles. The van der Waals surface area contributed by atoms with E-state index in [2.05, 4.69) is 4.18 Å². The van der Waals surface area contributed by atoms with Gasteiger partial charge in [-0.25, -0.2) is 0 Å². The van der Waals surface area contributed by atoms with E-state index in [1.165, 1.54) is 21.3 Å². The van der Waals surface area contributed by atoms with Crippen LogP contribution in [0.15, 0.2) is 30.3 Å². The number of hydrogen-bond donors (Lipinski definition) is 0. The molecule has 0 amide bonds. The van der Waals surface area contributed by atoms with E-state index in [0.717, 1.165) is 0 Å². The van der Waals surface area contributed by atoms with Gasteiger partial charge < -0.3 is 33.2 Å². The molecular formula is C20H29F3O10S. The molecule has 5 atom stereocenters. The third-order valence-corrected chi connectivity index (χ3v) is 5.87. The molecule has 1 aromatic rings. The lowest BCUT2D eigenvalue weighted by Crippen LogP contribution is -2.61. The first-order valence-electron chi connectivity index (χ1n) is 10.1. The summed E-state index contributed by atoms with van der Waals surface area (Å²) in [5.41, 5.74) is -4.98. The predicted molar refractivity (Wildman–Crippen MR) is 110 cm³/mol. The van der Waals surface area contributed by atoms with Crippen LogP contribution in [0, 0.1) is 0 Å². The Kier molecular flexibility index (Phi) is 11.6. The molecule has 1 aliphatic carbocycles. The molecule has 34 heavy (non-hydrogen) atoms. The smallest absolute Gasteiger partial charge is 0.368 e. The summed E-state index contributed by atoms with van der Waals surface area (Å²) in [6.45, 7) is -0.929. The Balaban J connectivity index is 2.44. The summed E-state index contributed by atoms with van der Waals surface area (Å²) in [6.07, 6.45) is -6.36. The van der Waals surface area contributed by atoms with Crippen molar-refractivity contribution in [2.45, 2.75) is 49.1 Å². The molecule has 0 radical (unpaired) electrons. The highest BCUT2D eigenvalue weighted by Gasteiger charge is 2.55. The zero-order chi connectivity index (χ0) is 25.2. The topological polar surface area (TPSA) is 108 Å². The van der Waals surface area contributed by atoms with Crippen molar-refractivity contribution in [2.75, 3.05) is 41.7 Å². The van der Waals surface area contributed by atoms with Gasteiger partial charge in [0.05, 0.1) is 18.8 Å². The van der Waals surface area contributed by atoms with Gasteiger partial charge in [0.15, 0.2) is 0 Å². The summed E-state index contributed by atoms with van der Waals surface area (Å²) in [6, 6.07) is 8.75. The maximum Gasteiger partial charge on any atom is 0.523 e. The minimum Gasteiger partial charge on any atom is -0.368 e. The molecular weight excluding hydrogens is 489 g/mol. The van der Waals surface area contributed by atoms with E-state index in [-0.39, 0.29) is 33.4 Å². The molecule has 1 aliphatic rings. The van der Waals surface area contributed by atoms with Crippen LogP contribution in [-0.4, -0.2) is 86.2 Å². The number of halogens is 3. The number of benzene rings is 1. The van der Waals surface area contributed by atoms with Gasteiger partial charge in [-0.15, -0.1) is 0 Å². The zero-order valence-electron chi connectivity index (χ0n) is 18.9. The van der Waals surface area contributed by atoms with Crippen LogP contribution in [0.25, 0.3) is 0 Å². The second kappa shape index (κ2) is 13.7. The standard InChI is InChI=1S/C20H29F3O10S/c1-26-11-30-15-9-16(31-12-27-2)18(32-13-28-3)19(33-34(24,25)20(21,22)23)17(15)29-10-14-7-5-4-6-8-14/h4-8,15-19H,9-13H2,1-3H3/t15-,16+,17-,18-,19+/m0/s1. The second-order valence-electron chi connectivity index (χ2n) is 7.22. The zero-order valence-corrected chi connectivity index (χ0v) is 19.8. The van der Waals surface area contributed by atoms with Crippen molar-refractivity contribution in [1.82, 2.24) is 0 Å². The monoisotopic (exact) mass is 518 g/mol. The lowest BCUT2D eigenvalue weighted by molar-refractivity contribution is -0.257. The van der Waals surface area contributed by atoms with Crippen molar-refractivity contribution in [3.8, 4) is 0 Å². The van der Waals surface area contributed by atoms with Crippen LogP contribution in [0.3, 0.4) is 0 Å². The molecule has 14 heteroatoms. The molecule has 0 heterocycles. The van der Waals surface area contributed by atoms with E-state index in [4.69, 9.17) is 33.2 Å². The van der Waals surface area contributed by atoms with Gasteiger partial charge in [-0.1, -0.05) is 30.3 Å². The van der Waals surface area contributed by atoms with Gasteiger partial charge in [0.1, 0.15) is 38.7 Å². The molecule has 0 unspecified atom stereocenters. The Morgan fingerprint density at radius 1 is 0.794 bits per heavy atom. The number of methoxy groups -OCH3 is 3. The van der Waals surface area contributed by atoms with Gasteiger partial charge in [0.25, 0.3) is 0 Å². The first-order valence-corrected chi connectivity index (χ1v) is 11.5. The predicted octanol–water partition coefficient (Wildman–Crippen LogP) is 2.18. The van der Waals surface area contributed by atoms with Crippen LogP contribution in [0.5, 0.6) is 0 Å². The number of hydrogen-bond acceptors (Lipinski definition) is 10. The van der Waals surface area contributed by atoms with Crippen LogP contribution in [0.2, 0.25) is 0 Å². The maximum atomic E-state index is 13.2. The first-order chi connectivity index (χ1) is 16.1. The summed E-state index contributed by atoms with van der Waals surface area (Å²) < 4.78 is 106. The van der Waals surface area contributed by atoms with E-state index in [0.29, 0.717) is 5.56 Å². The molecule has 1 saturated carbocycles. The Morgan fingerprint density at radius 3 is 1.79 bits per heavy atom. The third kappa shape index (κ3) is 8.10. The summed E-state index contributed by atoms with van der Waals surface area (Å²) >= 11 is 0. The lowest BCUT2D eigenvalue weighted by atomic mass is 9.86. The number of rotatable bonds is 14. The Labute approximate surface area is 196 Å². The average molecular weight is 519 g/mol. The van der Waals surface area contributed by atoms with Gasteiger partial charge in [-0.2, -0.15) is 21.6 Å². The molecule has 0 N–H and O–H groups in total. The Bertz CT molecular complexity index is 809. The van der Waals surface area contributed by atoms with Crippen LogP contribution < -0.4 is 0 Å². The minimum atomic E-state index is -6.03. The summed E-state index contributed by atoms with van der Waals surface area (Å²) in [4.78, 5) is 0. The number of ether oxygens (including phenoxy) is 7. The third-order valence-electron chi connectivity index (χ3n) is 4.83. The van der Waals surface area contributed by atoms with Gasteiger partial charge in [0.2, 0.25) is 0 Å². The van der Waals surface area contributed by atoms with Crippen molar-refractivity contribution >= 4 is 10.1 Å². The van der Waals surface area contributed by atoms with Crippen molar-refractivity contribution in [1.29, 1.82) is 0 Å². The fraction of sp³-hybridized carbons (Fsp3) is 0.700. The van der Waals surface area contributed by atoms with Crippen LogP contribution >= 0.6 is 0 Å². The molecule has 1 aromatic carbocycles. The molecule has 0 bridgehead atoms. The van der Waals surface area contributed by atoms with E-state index in [1.54, 1.807) is 30.3 Å². The molecule has 1 fully saturated rings. The van der Waals surface area contributed by atoms with E-state index >= 15 is 0 Å². The summed E-state index contributed by atoms with van der Waals surface area (Å²) in [7, 11) is -2.03. The molecule has 196 valence electrons. The van der Waals surface area contributed by atoms with Crippen LogP contribution in [0.4, 0.5) is 13.2 Å². The molecule has 2 rings (SSSR count). The normalized spacial score (nSPS) is 26.0. The lowest BCUT2D eigenvalue weighted by Gasteiger charge is -2.44. The Morgan fingerprint density at radius 2 is 1.29 bits per heavy atom. The molecule has 10 nitrogen and oxygen atoms in total. The maximum absolute atomic E-state index is 13.2. The van der Waals surface area contributed by atoms with Gasteiger partial charge in [0, 0.05) is 27.8 Å². The molecule has 0 spiro atoms. The van der Waals surface area contributed by atoms with Gasteiger partial charge in [-0.3, -0.25) is 4.18 Å². The highest BCUT2D eigenvalue weighted by Crippen LogP contribution is 2.36. The van der Waals surface area contributed by atoms with Gasteiger partial charge in [-0.05, 0) is 5.56 Å². The number of alkyl halides is 3. The molecule has 0 aliphatic heterocycles. The SMILES string of the molecule is COCO[C@@H]1[C@H](OS(=O)(=O)C(F)(F)F)[C@@H](OCc2ccccc2)[C@@H](OCOC)C[C@H]1OCOC. The Hall–Kier alpha value is -1.36. The van der Waals surface area contributed by atoms with E-state index in [9.17, 15) is 21.6 Å². The highest BCUT2D eigenvalue weighted by molar-refractivity contribution is 7.87. The fourth-order valence-electron chi connectivity index (χ4n) is 3.37. The quantitative estimate of drug-likeness (QED) is 0.207. The van der Waals surface area contributed by atoms with Gasteiger partial charge >= 0.3 is 15.6 Å². The van der Waals surface area contributed by atoms with Crippen molar-refractivity contribution in [3.05, 3.63) is 35.9 Å². The second-order valence-corrected chi connectivity index (χ2v) is 8.78. The molecule has 0 saturated heterocycles. The first kappa shape index (κ1) is 28.9. The van der Waals surface area contributed by atoms with Crippen molar-refractivity contribution < 1.29 is 58.9 Å². The summed E-state index contributed by atoms with van der Waals surface area (Å²) in [5.74, 6) is 0. The van der Waals surface area contributed by atoms with E-state index < -0.39 is 46.1 Å². The highest BCUT2D eigenvalue weighted by atomic mass is 32.2. The average Bonchev–Trinajstić information content (AvgIpc) is 2.79. The van der Waals surface area contributed by atoms with Crippen LogP contribution in [-0.2, 0) is 54.1 Å². The summed E-state index contributed by atoms with van der Waals surface area (Å²) in [5, 5.41) is 0.